The fraction of sp³-hybridized carbons (Fsp3) is 0.385. The molecule has 8 heteroatoms. The number of nitrogens with one attached hydrogen (secondary N) is 1. The van der Waals surface area contributed by atoms with Gasteiger partial charge in [0.25, 0.3) is 5.69 Å². The Labute approximate surface area is 125 Å². The summed E-state index contributed by atoms with van der Waals surface area (Å²) in [4.78, 5) is 33.3. The van der Waals surface area contributed by atoms with Crippen LogP contribution in [0.25, 0.3) is 0 Å². The summed E-state index contributed by atoms with van der Waals surface area (Å²) < 4.78 is 0. The van der Waals surface area contributed by atoms with Crippen molar-refractivity contribution in [3.63, 3.8) is 0 Å². The Morgan fingerprint density at radius 1 is 1.33 bits per heavy atom. The van der Waals surface area contributed by atoms with Gasteiger partial charge in [-0.1, -0.05) is 18.0 Å². The molecule has 1 aliphatic carbocycles. The van der Waals surface area contributed by atoms with E-state index in [2.05, 4.69) is 5.32 Å². The molecule has 0 aromatic heterocycles. The predicted molar refractivity (Wildman–Crippen MR) is 75.2 cm³/mol. The monoisotopic (exact) mass is 312 g/mol. The van der Waals surface area contributed by atoms with E-state index in [-0.39, 0.29) is 16.4 Å². The van der Waals surface area contributed by atoms with Crippen LogP contribution in [0.4, 0.5) is 11.4 Å². The molecule has 112 valence electrons. The van der Waals surface area contributed by atoms with E-state index in [9.17, 15) is 19.7 Å². The zero-order chi connectivity index (χ0) is 15.6. The summed E-state index contributed by atoms with van der Waals surface area (Å²) in [5, 5.41) is 22.4. The highest BCUT2D eigenvalue weighted by atomic mass is 35.5. The zero-order valence-electron chi connectivity index (χ0n) is 10.9. The molecule has 1 amide bonds. The molecule has 1 aliphatic rings. The van der Waals surface area contributed by atoms with Gasteiger partial charge in [0.05, 0.1) is 16.8 Å². The van der Waals surface area contributed by atoms with Crippen LogP contribution in [0.15, 0.2) is 18.2 Å². The van der Waals surface area contributed by atoms with Gasteiger partial charge in [-0.15, -0.1) is 0 Å². The quantitative estimate of drug-likeness (QED) is 0.656. The Kier molecular flexibility index (Phi) is 4.42. The smallest absolute Gasteiger partial charge is 0.307 e. The van der Waals surface area contributed by atoms with E-state index in [1.54, 1.807) is 0 Å². The Hall–Kier alpha value is -2.15. The number of carbonyl (C=O) groups excluding carboxylic acids is 1. The van der Waals surface area contributed by atoms with Crippen LogP contribution < -0.4 is 5.32 Å². The van der Waals surface area contributed by atoms with E-state index < -0.39 is 28.6 Å². The molecule has 2 atom stereocenters. The third kappa shape index (κ3) is 3.30. The molecular formula is C13H13ClN2O5. The number of amides is 1. The number of nitro benzene ring substituents is 1. The van der Waals surface area contributed by atoms with Crippen LogP contribution in [-0.4, -0.2) is 21.9 Å². The molecule has 2 N–H and O–H groups in total. The number of halogens is 1. The summed E-state index contributed by atoms with van der Waals surface area (Å²) in [6.45, 7) is 0. The second-order valence-corrected chi connectivity index (χ2v) is 5.30. The number of benzene rings is 1. The normalized spacial score (nSPS) is 21.0. The Bertz CT molecular complexity index is 604. The van der Waals surface area contributed by atoms with Gasteiger partial charge >= 0.3 is 5.97 Å². The average Bonchev–Trinajstić information content (AvgIpc) is 2.90. The SMILES string of the molecule is O=C(O)[C@H]1CCC[C@H]1C(=O)Nc1ccc(Cl)c([N+](=O)[O-])c1. The predicted octanol–water partition coefficient (Wildman–Crippen LogP) is 2.69. The van der Waals surface area contributed by atoms with Gasteiger partial charge < -0.3 is 10.4 Å². The molecule has 7 nitrogen and oxygen atoms in total. The highest BCUT2D eigenvalue weighted by Crippen LogP contribution is 2.33. The molecule has 1 saturated carbocycles. The fourth-order valence-electron chi connectivity index (χ4n) is 2.53. The van der Waals surface area contributed by atoms with Gasteiger partial charge in [0.15, 0.2) is 0 Å². The summed E-state index contributed by atoms with van der Waals surface area (Å²) in [5.41, 5.74) is -0.0807. The lowest BCUT2D eigenvalue weighted by molar-refractivity contribution is -0.384. The lowest BCUT2D eigenvalue weighted by Gasteiger charge is -2.15. The van der Waals surface area contributed by atoms with E-state index >= 15 is 0 Å². The zero-order valence-corrected chi connectivity index (χ0v) is 11.7. The van der Waals surface area contributed by atoms with Crippen molar-refractivity contribution < 1.29 is 19.6 Å². The van der Waals surface area contributed by atoms with Gasteiger partial charge in [0.2, 0.25) is 5.91 Å². The van der Waals surface area contributed by atoms with Crippen molar-refractivity contribution in [1.82, 2.24) is 0 Å². The lowest BCUT2D eigenvalue weighted by Crippen LogP contribution is -2.29. The number of carboxylic acids is 1. The molecule has 0 spiro atoms. The summed E-state index contributed by atoms with van der Waals surface area (Å²) in [5.74, 6) is -2.74. The number of anilines is 1. The number of hydrogen-bond acceptors (Lipinski definition) is 4. The Balaban J connectivity index is 2.14. The van der Waals surface area contributed by atoms with Crippen LogP contribution in [-0.2, 0) is 9.59 Å². The largest absolute Gasteiger partial charge is 0.481 e. The van der Waals surface area contributed by atoms with Gasteiger partial charge in [-0.25, -0.2) is 0 Å². The summed E-state index contributed by atoms with van der Waals surface area (Å²) in [6, 6.07) is 3.92. The summed E-state index contributed by atoms with van der Waals surface area (Å²) >= 11 is 5.69. The van der Waals surface area contributed by atoms with E-state index in [1.165, 1.54) is 12.1 Å². The van der Waals surface area contributed by atoms with Crippen molar-refractivity contribution >= 4 is 34.9 Å². The molecule has 1 aromatic carbocycles. The maximum absolute atomic E-state index is 12.1. The van der Waals surface area contributed by atoms with Crippen molar-refractivity contribution in [3.8, 4) is 0 Å². The van der Waals surface area contributed by atoms with E-state index in [0.29, 0.717) is 19.3 Å². The number of aliphatic carboxylic acids is 1. The van der Waals surface area contributed by atoms with Crippen molar-refractivity contribution in [2.24, 2.45) is 11.8 Å². The van der Waals surface area contributed by atoms with Crippen LogP contribution in [0.3, 0.4) is 0 Å². The number of nitrogens with zero attached hydrogens (tertiary/aromatic N) is 1. The third-order valence-electron chi connectivity index (χ3n) is 3.58. The van der Waals surface area contributed by atoms with Crippen molar-refractivity contribution in [1.29, 1.82) is 0 Å². The first kappa shape index (κ1) is 15.2. The highest BCUT2D eigenvalue weighted by Gasteiger charge is 2.37. The minimum absolute atomic E-state index is 0.0257. The minimum Gasteiger partial charge on any atom is -0.481 e. The van der Waals surface area contributed by atoms with Crippen molar-refractivity contribution in [2.75, 3.05) is 5.32 Å². The second-order valence-electron chi connectivity index (χ2n) is 4.89. The van der Waals surface area contributed by atoms with Gasteiger partial charge in [0, 0.05) is 11.8 Å². The first-order chi connectivity index (χ1) is 9.90. The number of rotatable bonds is 4. The standard InChI is InChI=1S/C13H13ClN2O5/c14-10-5-4-7(6-11(10)16(20)21)15-12(17)8-2-1-3-9(8)13(18)19/h4-6,8-9H,1-3H2,(H,15,17)(H,18,19)/t8-,9+/m1/s1. The summed E-state index contributed by atoms with van der Waals surface area (Å²) in [7, 11) is 0. The van der Waals surface area contributed by atoms with Crippen LogP contribution in [0, 0.1) is 22.0 Å². The molecule has 0 saturated heterocycles. The topological polar surface area (TPSA) is 110 Å². The molecule has 1 fully saturated rings. The molecule has 1 aromatic rings. The Morgan fingerprint density at radius 3 is 2.62 bits per heavy atom. The maximum atomic E-state index is 12.1. The van der Waals surface area contributed by atoms with Crippen molar-refractivity contribution in [3.05, 3.63) is 33.3 Å². The molecule has 21 heavy (non-hydrogen) atoms. The number of carbonyl (C=O) groups is 2. The van der Waals surface area contributed by atoms with Crippen LogP contribution in [0.2, 0.25) is 5.02 Å². The molecule has 0 radical (unpaired) electrons. The fourth-order valence-corrected chi connectivity index (χ4v) is 2.72. The number of nitro groups is 1. The van der Waals surface area contributed by atoms with Crippen LogP contribution in [0.1, 0.15) is 19.3 Å². The third-order valence-corrected chi connectivity index (χ3v) is 3.90. The van der Waals surface area contributed by atoms with Gasteiger partial charge in [-0.3, -0.25) is 19.7 Å². The van der Waals surface area contributed by atoms with E-state index in [4.69, 9.17) is 16.7 Å². The van der Waals surface area contributed by atoms with Crippen molar-refractivity contribution in [2.45, 2.75) is 19.3 Å². The van der Waals surface area contributed by atoms with Crippen LogP contribution >= 0.6 is 11.6 Å². The van der Waals surface area contributed by atoms with E-state index in [0.717, 1.165) is 6.07 Å². The molecule has 0 heterocycles. The number of hydrogen-bond donors (Lipinski definition) is 2. The van der Waals surface area contributed by atoms with Gasteiger partial charge in [0.1, 0.15) is 5.02 Å². The summed E-state index contributed by atoms with van der Waals surface area (Å²) in [6.07, 6.45) is 1.64. The van der Waals surface area contributed by atoms with Gasteiger partial charge in [-0.2, -0.15) is 0 Å². The van der Waals surface area contributed by atoms with Crippen LogP contribution in [0.5, 0.6) is 0 Å². The van der Waals surface area contributed by atoms with E-state index in [1.807, 2.05) is 0 Å². The molecule has 2 rings (SSSR count). The lowest BCUT2D eigenvalue weighted by atomic mass is 9.95. The Morgan fingerprint density at radius 2 is 2.00 bits per heavy atom. The minimum atomic E-state index is -0.991. The number of carboxylic acid groups (broad SMARTS) is 1. The first-order valence-corrected chi connectivity index (χ1v) is 6.75. The average molecular weight is 313 g/mol. The maximum Gasteiger partial charge on any atom is 0.307 e. The molecular weight excluding hydrogens is 300 g/mol. The molecule has 0 aliphatic heterocycles. The second kappa shape index (κ2) is 6.09. The first-order valence-electron chi connectivity index (χ1n) is 6.37. The molecule has 0 unspecified atom stereocenters. The molecule has 0 bridgehead atoms. The highest BCUT2D eigenvalue weighted by molar-refractivity contribution is 6.32. The van der Waals surface area contributed by atoms with Gasteiger partial charge in [-0.05, 0) is 25.0 Å².